The fourth-order valence-corrected chi connectivity index (χ4v) is 2.22. The van der Waals surface area contributed by atoms with Gasteiger partial charge in [0, 0.05) is 13.6 Å². The van der Waals surface area contributed by atoms with Crippen LogP contribution in [-0.4, -0.2) is 23.9 Å². The van der Waals surface area contributed by atoms with E-state index in [4.69, 9.17) is 5.73 Å². The van der Waals surface area contributed by atoms with Crippen molar-refractivity contribution < 1.29 is 4.79 Å². The molecule has 1 amide bonds. The standard InChI is InChI=1S/C12H20N2OS/c1-3-4-5-11(13)12(15)14(2)8-10-6-7-16-9-10/h6-7,9,11H,3-5,8,13H2,1-2H3/t11-/m0/s1. The molecule has 0 spiro atoms. The van der Waals surface area contributed by atoms with Crippen LogP contribution >= 0.6 is 11.3 Å². The summed E-state index contributed by atoms with van der Waals surface area (Å²) in [5, 5.41) is 4.08. The molecule has 0 saturated carbocycles. The SMILES string of the molecule is CCCC[C@H](N)C(=O)N(C)Cc1ccsc1. The molecular formula is C12H20N2OS. The van der Waals surface area contributed by atoms with Crippen molar-refractivity contribution in [2.24, 2.45) is 5.73 Å². The number of carbonyl (C=O) groups is 1. The molecule has 0 fully saturated rings. The number of amides is 1. The average Bonchev–Trinajstić information content (AvgIpc) is 2.77. The molecule has 1 rings (SSSR count). The fourth-order valence-electron chi connectivity index (χ4n) is 1.56. The van der Waals surface area contributed by atoms with Crippen molar-refractivity contribution in [1.29, 1.82) is 0 Å². The predicted octanol–water partition coefficient (Wildman–Crippen LogP) is 2.22. The minimum absolute atomic E-state index is 0.0413. The number of unbranched alkanes of at least 4 members (excludes halogenated alkanes) is 1. The first-order valence-corrected chi connectivity index (χ1v) is 6.61. The summed E-state index contributed by atoms with van der Waals surface area (Å²) in [5.41, 5.74) is 7.01. The molecule has 16 heavy (non-hydrogen) atoms. The molecule has 1 heterocycles. The molecule has 3 nitrogen and oxygen atoms in total. The molecule has 4 heteroatoms. The summed E-state index contributed by atoms with van der Waals surface area (Å²) in [6.07, 6.45) is 2.87. The number of rotatable bonds is 6. The van der Waals surface area contributed by atoms with Crippen LogP contribution < -0.4 is 5.73 Å². The van der Waals surface area contributed by atoms with Gasteiger partial charge < -0.3 is 10.6 Å². The Morgan fingerprint density at radius 1 is 1.62 bits per heavy atom. The zero-order valence-corrected chi connectivity index (χ0v) is 10.8. The first-order valence-electron chi connectivity index (χ1n) is 5.66. The number of thiophene rings is 1. The topological polar surface area (TPSA) is 46.3 Å². The van der Waals surface area contributed by atoms with E-state index in [9.17, 15) is 4.79 Å². The number of likely N-dealkylation sites (N-methyl/N-ethyl adjacent to an activating group) is 1. The van der Waals surface area contributed by atoms with Crippen molar-refractivity contribution in [3.63, 3.8) is 0 Å². The van der Waals surface area contributed by atoms with Crippen LogP contribution in [0.2, 0.25) is 0 Å². The molecule has 0 aromatic carbocycles. The lowest BCUT2D eigenvalue weighted by Crippen LogP contribution is -2.41. The van der Waals surface area contributed by atoms with E-state index in [-0.39, 0.29) is 11.9 Å². The summed E-state index contributed by atoms with van der Waals surface area (Å²) in [6, 6.07) is 1.69. The Morgan fingerprint density at radius 3 is 2.94 bits per heavy atom. The zero-order chi connectivity index (χ0) is 12.0. The van der Waals surface area contributed by atoms with E-state index >= 15 is 0 Å². The van der Waals surface area contributed by atoms with Gasteiger partial charge in [0.2, 0.25) is 5.91 Å². The lowest BCUT2D eigenvalue weighted by Gasteiger charge is -2.20. The fraction of sp³-hybridized carbons (Fsp3) is 0.583. The van der Waals surface area contributed by atoms with Crippen LogP contribution in [0.15, 0.2) is 16.8 Å². The summed E-state index contributed by atoms with van der Waals surface area (Å²) in [4.78, 5) is 13.6. The Morgan fingerprint density at radius 2 is 2.38 bits per heavy atom. The Bertz CT molecular complexity index is 311. The summed E-state index contributed by atoms with van der Waals surface area (Å²) < 4.78 is 0. The second kappa shape index (κ2) is 6.66. The maximum atomic E-state index is 11.9. The van der Waals surface area contributed by atoms with Crippen LogP contribution in [0.3, 0.4) is 0 Å². The number of hydrogen-bond donors (Lipinski definition) is 1. The summed E-state index contributed by atoms with van der Waals surface area (Å²) in [6.45, 7) is 2.76. The van der Waals surface area contributed by atoms with Gasteiger partial charge in [-0.05, 0) is 28.8 Å². The first kappa shape index (κ1) is 13.2. The van der Waals surface area contributed by atoms with Gasteiger partial charge in [-0.3, -0.25) is 4.79 Å². The third-order valence-electron chi connectivity index (χ3n) is 2.56. The van der Waals surface area contributed by atoms with Gasteiger partial charge in [0.05, 0.1) is 6.04 Å². The van der Waals surface area contributed by atoms with E-state index in [1.807, 2.05) is 18.5 Å². The van der Waals surface area contributed by atoms with Gasteiger partial charge in [0.1, 0.15) is 0 Å². The highest BCUT2D eigenvalue weighted by atomic mass is 32.1. The van der Waals surface area contributed by atoms with Crippen LogP contribution in [0.1, 0.15) is 31.7 Å². The highest BCUT2D eigenvalue weighted by Crippen LogP contribution is 2.10. The zero-order valence-electron chi connectivity index (χ0n) is 9.98. The van der Waals surface area contributed by atoms with Gasteiger partial charge >= 0.3 is 0 Å². The van der Waals surface area contributed by atoms with Crippen molar-refractivity contribution in [1.82, 2.24) is 4.90 Å². The van der Waals surface area contributed by atoms with Crippen LogP contribution in [-0.2, 0) is 11.3 Å². The van der Waals surface area contributed by atoms with Crippen molar-refractivity contribution in [2.45, 2.75) is 38.8 Å². The second-order valence-corrected chi connectivity index (χ2v) is 4.85. The molecule has 0 radical (unpaired) electrons. The Labute approximate surface area is 101 Å². The van der Waals surface area contributed by atoms with Crippen molar-refractivity contribution in [2.75, 3.05) is 7.05 Å². The number of carbonyl (C=O) groups excluding carboxylic acids is 1. The minimum Gasteiger partial charge on any atom is -0.340 e. The van der Waals surface area contributed by atoms with Crippen molar-refractivity contribution >= 4 is 17.2 Å². The summed E-state index contributed by atoms with van der Waals surface area (Å²) in [7, 11) is 1.81. The third kappa shape index (κ3) is 3.94. The highest BCUT2D eigenvalue weighted by Gasteiger charge is 2.17. The number of nitrogens with two attached hydrogens (primary N) is 1. The van der Waals surface area contributed by atoms with Gasteiger partial charge in [-0.25, -0.2) is 0 Å². The normalized spacial score (nSPS) is 12.4. The van der Waals surface area contributed by atoms with Gasteiger partial charge in [-0.1, -0.05) is 19.8 Å². The van der Waals surface area contributed by atoms with Crippen LogP contribution in [0, 0.1) is 0 Å². The van der Waals surface area contributed by atoms with E-state index in [1.165, 1.54) is 5.56 Å². The number of nitrogens with zero attached hydrogens (tertiary/aromatic N) is 1. The molecule has 90 valence electrons. The van der Waals surface area contributed by atoms with E-state index in [1.54, 1.807) is 16.2 Å². The lowest BCUT2D eigenvalue weighted by atomic mass is 10.1. The average molecular weight is 240 g/mol. The van der Waals surface area contributed by atoms with Crippen LogP contribution in [0.5, 0.6) is 0 Å². The van der Waals surface area contributed by atoms with Crippen molar-refractivity contribution in [3.05, 3.63) is 22.4 Å². The first-order chi connectivity index (χ1) is 7.65. The third-order valence-corrected chi connectivity index (χ3v) is 3.29. The molecule has 2 N–H and O–H groups in total. The summed E-state index contributed by atoms with van der Waals surface area (Å²) in [5.74, 6) is 0.0413. The smallest absolute Gasteiger partial charge is 0.239 e. The maximum Gasteiger partial charge on any atom is 0.239 e. The molecule has 0 unspecified atom stereocenters. The van der Waals surface area contributed by atoms with E-state index in [0.29, 0.717) is 6.54 Å². The second-order valence-electron chi connectivity index (χ2n) is 4.07. The lowest BCUT2D eigenvalue weighted by molar-refractivity contribution is -0.132. The Hall–Kier alpha value is -0.870. The van der Waals surface area contributed by atoms with E-state index in [0.717, 1.165) is 19.3 Å². The maximum absolute atomic E-state index is 11.9. The molecule has 1 aromatic heterocycles. The van der Waals surface area contributed by atoms with Gasteiger partial charge in [-0.15, -0.1) is 0 Å². The molecule has 1 aromatic rings. The molecule has 0 aliphatic rings. The van der Waals surface area contributed by atoms with E-state index < -0.39 is 0 Å². The molecule has 0 saturated heterocycles. The van der Waals surface area contributed by atoms with Crippen LogP contribution in [0.4, 0.5) is 0 Å². The van der Waals surface area contributed by atoms with Crippen molar-refractivity contribution in [3.8, 4) is 0 Å². The van der Waals surface area contributed by atoms with Crippen LogP contribution in [0.25, 0.3) is 0 Å². The quantitative estimate of drug-likeness (QED) is 0.828. The monoisotopic (exact) mass is 240 g/mol. The molecular weight excluding hydrogens is 220 g/mol. The number of hydrogen-bond acceptors (Lipinski definition) is 3. The molecule has 0 bridgehead atoms. The Balaban J connectivity index is 2.41. The molecule has 1 atom stereocenters. The minimum atomic E-state index is -0.344. The van der Waals surface area contributed by atoms with Gasteiger partial charge in [0.25, 0.3) is 0 Å². The Kier molecular flexibility index (Phi) is 5.49. The van der Waals surface area contributed by atoms with Gasteiger partial charge in [0.15, 0.2) is 0 Å². The van der Waals surface area contributed by atoms with E-state index in [2.05, 4.69) is 12.3 Å². The predicted molar refractivity (Wildman–Crippen MR) is 68.3 cm³/mol. The summed E-state index contributed by atoms with van der Waals surface area (Å²) >= 11 is 1.65. The van der Waals surface area contributed by atoms with Gasteiger partial charge in [-0.2, -0.15) is 11.3 Å². The largest absolute Gasteiger partial charge is 0.340 e. The molecule has 0 aliphatic heterocycles. The highest BCUT2D eigenvalue weighted by molar-refractivity contribution is 7.07. The molecule has 0 aliphatic carbocycles.